The van der Waals surface area contributed by atoms with E-state index in [0.717, 1.165) is 62.8 Å². The molecule has 4 rings (SSSR count). The summed E-state index contributed by atoms with van der Waals surface area (Å²) in [5.74, 6) is 3.32. The fourth-order valence-corrected chi connectivity index (χ4v) is 5.03. The normalized spacial score (nSPS) is 25.0. The van der Waals surface area contributed by atoms with Crippen LogP contribution in [0.3, 0.4) is 0 Å². The van der Waals surface area contributed by atoms with Crippen LogP contribution in [-0.2, 0) is 17.8 Å². The minimum atomic E-state index is 0.165. The molecule has 1 amide bonds. The second-order valence-electron chi connectivity index (χ2n) is 8.22. The number of carbonyl (C=O) groups is 1. The van der Waals surface area contributed by atoms with Gasteiger partial charge in [0.2, 0.25) is 5.91 Å². The van der Waals surface area contributed by atoms with E-state index in [-0.39, 0.29) is 6.04 Å². The van der Waals surface area contributed by atoms with Gasteiger partial charge in [-0.05, 0) is 38.0 Å². The smallest absolute Gasteiger partial charge is 0.223 e. The first-order valence-corrected chi connectivity index (χ1v) is 10.5. The summed E-state index contributed by atoms with van der Waals surface area (Å²) < 4.78 is 2.32. The van der Waals surface area contributed by atoms with E-state index in [4.69, 9.17) is 0 Å². The van der Waals surface area contributed by atoms with Crippen LogP contribution in [0.4, 0.5) is 0 Å². The Morgan fingerprint density at radius 3 is 2.64 bits per heavy atom. The quantitative estimate of drug-likeness (QED) is 0.828. The Bertz CT molecular complexity index is 591. The van der Waals surface area contributed by atoms with Crippen molar-refractivity contribution in [1.29, 1.82) is 0 Å². The van der Waals surface area contributed by atoms with Crippen molar-refractivity contribution >= 4 is 5.91 Å². The third-order valence-corrected chi connectivity index (χ3v) is 6.50. The number of amides is 1. The van der Waals surface area contributed by atoms with E-state index >= 15 is 0 Å². The molecule has 1 saturated carbocycles. The van der Waals surface area contributed by atoms with E-state index in [2.05, 4.69) is 19.7 Å². The number of carbonyl (C=O) groups excluding carboxylic acids is 1. The third-order valence-electron chi connectivity index (χ3n) is 6.50. The van der Waals surface area contributed by atoms with Crippen molar-refractivity contribution in [2.45, 2.75) is 96.1 Å². The first kappa shape index (κ1) is 17.0. The summed E-state index contributed by atoms with van der Waals surface area (Å²) in [7, 11) is 0. The van der Waals surface area contributed by atoms with E-state index in [9.17, 15) is 4.79 Å². The molecule has 25 heavy (non-hydrogen) atoms. The van der Waals surface area contributed by atoms with Crippen molar-refractivity contribution in [3.63, 3.8) is 0 Å². The molecule has 5 nitrogen and oxygen atoms in total. The average molecular weight is 345 g/mol. The lowest BCUT2D eigenvalue weighted by Gasteiger charge is -2.26. The Hall–Kier alpha value is -1.39. The summed E-state index contributed by atoms with van der Waals surface area (Å²) in [4.78, 5) is 15.0. The van der Waals surface area contributed by atoms with Gasteiger partial charge < -0.3 is 9.47 Å². The van der Waals surface area contributed by atoms with Crippen LogP contribution in [0, 0.1) is 5.92 Å². The van der Waals surface area contributed by atoms with Crippen molar-refractivity contribution in [2.75, 3.05) is 6.54 Å². The minimum absolute atomic E-state index is 0.165. The number of hydrogen-bond acceptors (Lipinski definition) is 3. The molecular formula is C20H32N4O. The summed E-state index contributed by atoms with van der Waals surface area (Å²) in [6, 6.07) is 0.165. The fourth-order valence-electron chi connectivity index (χ4n) is 5.03. The van der Waals surface area contributed by atoms with E-state index in [1.807, 2.05) is 0 Å². The van der Waals surface area contributed by atoms with Crippen LogP contribution in [0.1, 0.15) is 94.7 Å². The predicted molar refractivity (Wildman–Crippen MR) is 97.1 cm³/mol. The van der Waals surface area contributed by atoms with E-state index in [0.29, 0.717) is 5.91 Å². The zero-order valence-electron chi connectivity index (χ0n) is 15.5. The molecule has 1 aromatic rings. The van der Waals surface area contributed by atoms with Gasteiger partial charge in [0.05, 0.1) is 6.04 Å². The van der Waals surface area contributed by atoms with Gasteiger partial charge in [0.15, 0.2) is 5.82 Å². The molecule has 2 fully saturated rings. The number of aryl methyl sites for hydroxylation is 1. The molecule has 1 atom stereocenters. The van der Waals surface area contributed by atoms with Crippen LogP contribution in [0.15, 0.2) is 0 Å². The zero-order valence-corrected chi connectivity index (χ0v) is 15.5. The topological polar surface area (TPSA) is 51.0 Å². The van der Waals surface area contributed by atoms with Gasteiger partial charge in [-0.15, -0.1) is 10.2 Å². The van der Waals surface area contributed by atoms with Crippen LogP contribution >= 0.6 is 0 Å². The molecule has 0 N–H and O–H groups in total. The Kier molecular flexibility index (Phi) is 5.37. The highest BCUT2D eigenvalue weighted by Gasteiger charge is 2.34. The molecule has 1 aromatic heterocycles. The third kappa shape index (κ3) is 3.75. The number of aromatic nitrogens is 3. The standard InChI is InChI=1S/C20H32N4O/c25-19(13-12-16-8-3-1-4-9-16)23-15-7-10-17(23)20-22-21-18-11-5-2-6-14-24(18)20/h16-17H,1-15H2. The fraction of sp³-hybridized carbons (Fsp3) is 0.850. The molecule has 0 aromatic carbocycles. The zero-order chi connectivity index (χ0) is 17.1. The molecule has 0 bridgehead atoms. The number of likely N-dealkylation sites (tertiary alicyclic amines) is 1. The Labute approximate surface area is 151 Å². The summed E-state index contributed by atoms with van der Waals surface area (Å²) in [6.45, 7) is 1.93. The van der Waals surface area contributed by atoms with E-state index < -0.39 is 0 Å². The molecule has 5 heteroatoms. The number of hydrogen-bond donors (Lipinski definition) is 0. The molecule has 3 aliphatic rings. The average Bonchev–Trinajstić information content (AvgIpc) is 3.21. The number of rotatable bonds is 4. The Morgan fingerprint density at radius 1 is 0.920 bits per heavy atom. The molecule has 0 spiro atoms. The van der Waals surface area contributed by atoms with Crippen molar-refractivity contribution in [2.24, 2.45) is 5.92 Å². The molecule has 138 valence electrons. The van der Waals surface area contributed by atoms with Crippen molar-refractivity contribution in [3.05, 3.63) is 11.6 Å². The lowest BCUT2D eigenvalue weighted by molar-refractivity contribution is -0.132. The second-order valence-corrected chi connectivity index (χ2v) is 8.22. The number of nitrogens with zero attached hydrogens (tertiary/aromatic N) is 4. The van der Waals surface area contributed by atoms with Crippen LogP contribution < -0.4 is 0 Å². The van der Waals surface area contributed by atoms with Gasteiger partial charge in [-0.2, -0.15) is 0 Å². The molecule has 1 unspecified atom stereocenters. The molecular weight excluding hydrogens is 312 g/mol. The van der Waals surface area contributed by atoms with Crippen LogP contribution in [0.25, 0.3) is 0 Å². The van der Waals surface area contributed by atoms with Gasteiger partial charge >= 0.3 is 0 Å². The maximum Gasteiger partial charge on any atom is 0.223 e. The number of fused-ring (bicyclic) bond motifs is 1. The van der Waals surface area contributed by atoms with Crippen LogP contribution in [-0.4, -0.2) is 32.1 Å². The molecule has 0 radical (unpaired) electrons. The first-order chi connectivity index (χ1) is 12.3. The van der Waals surface area contributed by atoms with E-state index in [1.54, 1.807) is 0 Å². The van der Waals surface area contributed by atoms with E-state index in [1.165, 1.54) is 51.4 Å². The summed E-state index contributed by atoms with van der Waals surface area (Å²) in [5.41, 5.74) is 0. The maximum atomic E-state index is 12.9. The Balaban J connectivity index is 1.41. The van der Waals surface area contributed by atoms with Gasteiger partial charge in [-0.3, -0.25) is 4.79 Å². The molecule has 3 heterocycles. The molecule has 2 aliphatic heterocycles. The summed E-state index contributed by atoms with van der Waals surface area (Å²) in [6.07, 6.45) is 15.4. The largest absolute Gasteiger partial charge is 0.332 e. The lowest BCUT2D eigenvalue weighted by Crippen LogP contribution is -2.32. The van der Waals surface area contributed by atoms with Crippen molar-refractivity contribution < 1.29 is 4.79 Å². The van der Waals surface area contributed by atoms with Gasteiger partial charge in [0.25, 0.3) is 0 Å². The predicted octanol–water partition coefficient (Wildman–Crippen LogP) is 4.03. The highest BCUT2D eigenvalue weighted by atomic mass is 16.2. The lowest BCUT2D eigenvalue weighted by atomic mass is 9.86. The highest BCUT2D eigenvalue weighted by molar-refractivity contribution is 5.76. The monoisotopic (exact) mass is 344 g/mol. The second kappa shape index (κ2) is 7.88. The summed E-state index contributed by atoms with van der Waals surface area (Å²) in [5, 5.41) is 8.97. The van der Waals surface area contributed by atoms with Crippen molar-refractivity contribution in [3.8, 4) is 0 Å². The van der Waals surface area contributed by atoms with Gasteiger partial charge in [-0.25, -0.2) is 0 Å². The molecule has 1 aliphatic carbocycles. The SMILES string of the molecule is O=C(CCC1CCCCC1)N1CCCC1c1nnc2n1CCCCC2. The van der Waals surface area contributed by atoms with Gasteiger partial charge in [-0.1, -0.05) is 38.5 Å². The van der Waals surface area contributed by atoms with Crippen LogP contribution in [0.2, 0.25) is 0 Å². The van der Waals surface area contributed by atoms with Gasteiger partial charge in [0.1, 0.15) is 5.82 Å². The maximum absolute atomic E-state index is 12.9. The highest BCUT2D eigenvalue weighted by Crippen LogP contribution is 2.34. The minimum Gasteiger partial charge on any atom is -0.332 e. The van der Waals surface area contributed by atoms with Gasteiger partial charge in [0, 0.05) is 25.9 Å². The van der Waals surface area contributed by atoms with Crippen molar-refractivity contribution in [1.82, 2.24) is 19.7 Å². The summed E-state index contributed by atoms with van der Waals surface area (Å²) >= 11 is 0. The molecule has 1 saturated heterocycles. The Morgan fingerprint density at radius 2 is 1.76 bits per heavy atom. The van der Waals surface area contributed by atoms with Crippen LogP contribution in [0.5, 0.6) is 0 Å². The first-order valence-electron chi connectivity index (χ1n) is 10.5.